The van der Waals surface area contributed by atoms with Crippen molar-refractivity contribution in [2.45, 2.75) is 37.6 Å². The van der Waals surface area contributed by atoms with Gasteiger partial charge >= 0.3 is 6.18 Å². The molecule has 0 radical (unpaired) electrons. The second-order valence-electron chi connectivity index (χ2n) is 6.17. The number of aliphatic hydroxyl groups is 1. The van der Waals surface area contributed by atoms with E-state index in [1.807, 2.05) is 0 Å². The molecule has 1 heterocycles. The Labute approximate surface area is 137 Å². The van der Waals surface area contributed by atoms with Gasteiger partial charge < -0.3 is 15.3 Å². The number of benzene rings is 1. The number of nitrogens with one attached hydrogen (secondary N) is 1. The number of carbonyl (C=O) groups excluding carboxylic acids is 2. The van der Waals surface area contributed by atoms with Crippen molar-refractivity contribution in [2.75, 3.05) is 13.1 Å². The smallest absolute Gasteiger partial charge is 0.385 e. The fraction of sp³-hybridized carbons (Fsp3) is 0.500. The van der Waals surface area contributed by atoms with E-state index in [-0.39, 0.29) is 19.4 Å². The monoisotopic (exact) mass is 344 g/mol. The molecule has 0 bridgehead atoms. The van der Waals surface area contributed by atoms with Crippen LogP contribution in [0.15, 0.2) is 30.3 Å². The molecule has 2 amide bonds. The largest absolute Gasteiger partial charge is 0.406 e. The van der Waals surface area contributed by atoms with Crippen LogP contribution < -0.4 is 5.32 Å². The molecule has 0 spiro atoms. The number of hydrogen-bond donors (Lipinski definition) is 2. The Morgan fingerprint density at radius 3 is 2.54 bits per heavy atom. The molecule has 0 unspecified atom stereocenters. The van der Waals surface area contributed by atoms with Gasteiger partial charge in [-0.2, -0.15) is 13.2 Å². The van der Waals surface area contributed by atoms with Crippen molar-refractivity contribution in [3.05, 3.63) is 35.9 Å². The van der Waals surface area contributed by atoms with Gasteiger partial charge in [-0.25, -0.2) is 0 Å². The second-order valence-corrected chi connectivity index (χ2v) is 6.17. The Bertz CT molecular complexity index is 602. The Kier molecular flexibility index (Phi) is 5.17. The third-order valence-electron chi connectivity index (χ3n) is 3.85. The quantitative estimate of drug-likeness (QED) is 0.852. The van der Waals surface area contributed by atoms with Gasteiger partial charge in [-0.1, -0.05) is 30.3 Å². The van der Waals surface area contributed by atoms with Gasteiger partial charge in [0.15, 0.2) is 0 Å². The lowest BCUT2D eigenvalue weighted by Crippen LogP contribution is -2.41. The summed E-state index contributed by atoms with van der Waals surface area (Å²) in [5.41, 5.74) is -0.846. The molecule has 1 aliphatic heterocycles. The van der Waals surface area contributed by atoms with E-state index < -0.39 is 36.2 Å². The van der Waals surface area contributed by atoms with Crippen LogP contribution in [0, 0.1) is 0 Å². The van der Waals surface area contributed by atoms with Crippen molar-refractivity contribution in [1.82, 2.24) is 10.2 Å². The molecule has 0 saturated carbocycles. The van der Waals surface area contributed by atoms with Gasteiger partial charge in [-0.05, 0) is 12.5 Å². The minimum atomic E-state index is -4.47. The van der Waals surface area contributed by atoms with Crippen LogP contribution in [-0.2, 0) is 15.2 Å². The van der Waals surface area contributed by atoms with Crippen molar-refractivity contribution in [1.29, 1.82) is 0 Å². The van der Waals surface area contributed by atoms with Crippen LogP contribution in [0.1, 0.15) is 25.3 Å². The summed E-state index contributed by atoms with van der Waals surface area (Å²) in [4.78, 5) is 24.3. The molecule has 1 saturated heterocycles. The molecule has 1 aliphatic rings. The number of alkyl halides is 3. The highest BCUT2D eigenvalue weighted by Gasteiger charge is 2.39. The summed E-state index contributed by atoms with van der Waals surface area (Å²) in [7, 11) is 0. The minimum absolute atomic E-state index is 0.171. The first-order valence-electron chi connectivity index (χ1n) is 7.48. The lowest BCUT2D eigenvalue weighted by Gasteiger charge is -2.24. The standard InChI is InChI=1S/C16H19F3N2O3/c1-15(24,11-5-3-2-4-6-11)8-13(22)20-12-7-14(23)21(9-12)10-16(17,18)19/h2-6,12,24H,7-10H2,1H3,(H,20,22)/t12-,15+/m1/s1. The van der Waals surface area contributed by atoms with Crippen LogP contribution in [0.25, 0.3) is 0 Å². The number of nitrogens with zero attached hydrogens (tertiary/aromatic N) is 1. The highest BCUT2D eigenvalue weighted by molar-refractivity contribution is 5.82. The maximum absolute atomic E-state index is 12.4. The van der Waals surface area contributed by atoms with Gasteiger partial charge in [-0.15, -0.1) is 0 Å². The van der Waals surface area contributed by atoms with Gasteiger partial charge in [-0.3, -0.25) is 9.59 Å². The number of halogens is 3. The molecule has 2 N–H and O–H groups in total. The third-order valence-corrected chi connectivity index (χ3v) is 3.85. The van der Waals surface area contributed by atoms with Crippen LogP contribution in [-0.4, -0.2) is 47.1 Å². The van der Waals surface area contributed by atoms with E-state index in [9.17, 15) is 27.9 Å². The van der Waals surface area contributed by atoms with Crippen LogP contribution in [0.5, 0.6) is 0 Å². The van der Waals surface area contributed by atoms with Crippen molar-refractivity contribution in [3.8, 4) is 0 Å². The average molecular weight is 344 g/mol. The summed E-state index contributed by atoms with van der Waals surface area (Å²) in [5, 5.41) is 12.9. The van der Waals surface area contributed by atoms with Crippen LogP contribution in [0.2, 0.25) is 0 Å². The summed E-state index contributed by atoms with van der Waals surface area (Å²) in [6, 6.07) is 7.91. The van der Waals surface area contributed by atoms with Crippen LogP contribution >= 0.6 is 0 Å². The first kappa shape index (κ1) is 18.3. The normalized spacial score (nSPS) is 20.8. The molecule has 0 aliphatic carbocycles. The Morgan fingerprint density at radius 1 is 1.33 bits per heavy atom. The van der Waals surface area contributed by atoms with E-state index >= 15 is 0 Å². The summed E-state index contributed by atoms with van der Waals surface area (Å²) >= 11 is 0. The predicted octanol–water partition coefficient (Wildman–Crippen LogP) is 1.56. The maximum atomic E-state index is 12.4. The Hall–Kier alpha value is -2.09. The molecule has 1 fully saturated rings. The van der Waals surface area contributed by atoms with E-state index in [4.69, 9.17) is 0 Å². The van der Waals surface area contributed by atoms with Gasteiger partial charge in [0.2, 0.25) is 11.8 Å². The molecule has 132 valence electrons. The van der Waals surface area contributed by atoms with Crippen molar-refractivity contribution >= 4 is 11.8 Å². The molecule has 5 nitrogen and oxygen atoms in total. The zero-order valence-electron chi connectivity index (χ0n) is 13.1. The molecule has 1 aromatic carbocycles. The first-order chi connectivity index (χ1) is 11.1. The summed E-state index contributed by atoms with van der Waals surface area (Å²) in [6.45, 7) is -0.0187. The predicted molar refractivity (Wildman–Crippen MR) is 79.8 cm³/mol. The molecular formula is C16H19F3N2O3. The summed E-state index contributed by atoms with van der Waals surface area (Å²) in [5.74, 6) is -1.16. The fourth-order valence-electron chi connectivity index (χ4n) is 2.73. The Balaban J connectivity index is 1.90. The number of carbonyl (C=O) groups is 2. The lowest BCUT2D eigenvalue weighted by atomic mass is 9.92. The minimum Gasteiger partial charge on any atom is -0.385 e. The van der Waals surface area contributed by atoms with Gasteiger partial charge in [0.05, 0.1) is 18.1 Å². The summed E-state index contributed by atoms with van der Waals surface area (Å²) < 4.78 is 37.1. The zero-order chi connectivity index (χ0) is 18.0. The van der Waals surface area contributed by atoms with E-state index in [1.165, 1.54) is 6.92 Å². The van der Waals surface area contributed by atoms with Crippen molar-refractivity contribution < 1.29 is 27.9 Å². The lowest BCUT2D eigenvalue weighted by molar-refractivity contribution is -0.157. The van der Waals surface area contributed by atoms with E-state index in [0.717, 1.165) is 0 Å². The van der Waals surface area contributed by atoms with Crippen LogP contribution in [0.4, 0.5) is 13.2 Å². The number of amides is 2. The molecular weight excluding hydrogens is 325 g/mol. The zero-order valence-corrected chi connectivity index (χ0v) is 13.1. The highest BCUT2D eigenvalue weighted by atomic mass is 19.4. The van der Waals surface area contributed by atoms with E-state index in [2.05, 4.69) is 5.32 Å². The molecule has 8 heteroatoms. The first-order valence-corrected chi connectivity index (χ1v) is 7.48. The second kappa shape index (κ2) is 6.80. The van der Waals surface area contributed by atoms with Gasteiger partial charge in [0.1, 0.15) is 6.54 Å². The topological polar surface area (TPSA) is 69.6 Å². The highest BCUT2D eigenvalue weighted by Crippen LogP contribution is 2.25. The molecule has 24 heavy (non-hydrogen) atoms. The third kappa shape index (κ3) is 4.95. The number of likely N-dealkylation sites (tertiary alicyclic amines) is 1. The molecule has 2 atom stereocenters. The van der Waals surface area contributed by atoms with Crippen molar-refractivity contribution in [2.24, 2.45) is 0 Å². The molecule has 2 rings (SSSR count). The summed E-state index contributed by atoms with van der Waals surface area (Å²) in [6.07, 6.45) is -4.89. The SMILES string of the molecule is C[C@](O)(CC(=O)N[C@@H]1CC(=O)N(CC(F)(F)F)C1)c1ccccc1. The Morgan fingerprint density at radius 2 is 1.96 bits per heavy atom. The number of rotatable bonds is 5. The number of hydrogen-bond acceptors (Lipinski definition) is 3. The molecule has 0 aromatic heterocycles. The molecule has 1 aromatic rings. The fourth-order valence-corrected chi connectivity index (χ4v) is 2.73. The maximum Gasteiger partial charge on any atom is 0.406 e. The average Bonchev–Trinajstić information content (AvgIpc) is 2.76. The van der Waals surface area contributed by atoms with Crippen LogP contribution in [0.3, 0.4) is 0 Å². The van der Waals surface area contributed by atoms with E-state index in [0.29, 0.717) is 10.5 Å². The van der Waals surface area contributed by atoms with Gasteiger partial charge in [0, 0.05) is 13.0 Å². The van der Waals surface area contributed by atoms with E-state index in [1.54, 1.807) is 30.3 Å². The van der Waals surface area contributed by atoms with Crippen molar-refractivity contribution in [3.63, 3.8) is 0 Å². The van der Waals surface area contributed by atoms with Gasteiger partial charge in [0.25, 0.3) is 0 Å².